The molecule has 0 radical (unpaired) electrons. The zero-order chi connectivity index (χ0) is 11.1. The van der Waals surface area contributed by atoms with Gasteiger partial charge in [-0.2, -0.15) is 0 Å². The molecule has 1 aromatic carbocycles. The first-order valence-corrected chi connectivity index (χ1v) is 5.06. The minimum absolute atomic E-state index is 0.222. The normalized spacial score (nSPS) is 24.6. The number of aryl methyl sites for hydroxylation is 1. The molecule has 0 aliphatic heterocycles. The Bertz CT molecular complexity index is 411. The molecule has 80 valence electrons. The number of aliphatic carboxylic acids is 1. The summed E-state index contributed by atoms with van der Waals surface area (Å²) in [6.45, 7) is 1.74. The fourth-order valence-electron chi connectivity index (χ4n) is 2.13. The van der Waals surface area contributed by atoms with Gasteiger partial charge in [0.15, 0.2) is 0 Å². The summed E-state index contributed by atoms with van der Waals surface area (Å²) < 4.78 is 0. The van der Waals surface area contributed by atoms with Crippen molar-refractivity contribution in [3.63, 3.8) is 0 Å². The highest BCUT2D eigenvalue weighted by Crippen LogP contribution is 2.38. The van der Waals surface area contributed by atoms with E-state index < -0.39 is 11.4 Å². The highest BCUT2D eigenvalue weighted by atomic mass is 16.4. The molecule has 0 spiro atoms. The van der Waals surface area contributed by atoms with Crippen LogP contribution in [-0.2, 0) is 17.6 Å². The quantitative estimate of drug-likeness (QED) is 0.738. The van der Waals surface area contributed by atoms with Crippen LogP contribution in [-0.4, -0.2) is 16.2 Å². The van der Waals surface area contributed by atoms with Gasteiger partial charge in [-0.25, -0.2) is 0 Å². The second-order valence-corrected chi connectivity index (χ2v) is 4.46. The van der Waals surface area contributed by atoms with Gasteiger partial charge < -0.3 is 10.2 Å². The van der Waals surface area contributed by atoms with Crippen molar-refractivity contribution in [3.8, 4) is 5.75 Å². The van der Waals surface area contributed by atoms with Crippen molar-refractivity contribution in [2.75, 3.05) is 0 Å². The Balaban J connectivity index is 2.42. The van der Waals surface area contributed by atoms with Crippen molar-refractivity contribution in [3.05, 3.63) is 29.3 Å². The Morgan fingerprint density at radius 1 is 1.47 bits per heavy atom. The third kappa shape index (κ3) is 1.58. The smallest absolute Gasteiger partial charge is 0.309 e. The van der Waals surface area contributed by atoms with Gasteiger partial charge >= 0.3 is 5.97 Å². The standard InChI is InChI=1S/C12H14O3/c1-12(11(14)15)6-5-8-3-2-4-10(13)9(8)7-12/h2-4,13H,5-7H2,1H3,(H,14,15). The van der Waals surface area contributed by atoms with E-state index >= 15 is 0 Å². The van der Waals surface area contributed by atoms with Crippen LogP contribution in [0.4, 0.5) is 0 Å². The van der Waals surface area contributed by atoms with Crippen LogP contribution in [0.5, 0.6) is 5.75 Å². The lowest BCUT2D eigenvalue weighted by atomic mass is 9.73. The molecule has 3 nitrogen and oxygen atoms in total. The number of carboxylic acid groups (broad SMARTS) is 1. The maximum Gasteiger partial charge on any atom is 0.309 e. The van der Waals surface area contributed by atoms with E-state index in [2.05, 4.69) is 0 Å². The van der Waals surface area contributed by atoms with E-state index in [-0.39, 0.29) is 5.75 Å². The van der Waals surface area contributed by atoms with Crippen LogP contribution in [0, 0.1) is 5.41 Å². The summed E-state index contributed by atoms with van der Waals surface area (Å²) >= 11 is 0. The number of phenols is 1. The number of rotatable bonds is 1. The minimum atomic E-state index is -0.781. The fourth-order valence-corrected chi connectivity index (χ4v) is 2.13. The van der Waals surface area contributed by atoms with Crippen LogP contribution in [0.25, 0.3) is 0 Å². The molecule has 1 atom stereocenters. The Morgan fingerprint density at radius 3 is 2.87 bits per heavy atom. The molecule has 0 heterocycles. The van der Waals surface area contributed by atoms with E-state index in [0.717, 1.165) is 17.5 Å². The number of hydrogen-bond donors (Lipinski definition) is 2. The van der Waals surface area contributed by atoms with Crippen molar-refractivity contribution in [1.82, 2.24) is 0 Å². The van der Waals surface area contributed by atoms with Gasteiger partial charge in [-0.05, 0) is 43.4 Å². The fraction of sp³-hybridized carbons (Fsp3) is 0.417. The largest absolute Gasteiger partial charge is 0.508 e. The van der Waals surface area contributed by atoms with Crippen LogP contribution in [0.15, 0.2) is 18.2 Å². The molecule has 3 heteroatoms. The molecule has 0 saturated heterocycles. The van der Waals surface area contributed by atoms with E-state index in [1.807, 2.05) is 6.07 Å². The maximum atomic E-state index is 11.1. The van der Waals surface area contributed by atoms with E-state index in [9.17, 15) is 9.90 Å². The molecule has 1 unspecified atom stereocenters. The third-order valence-electron chi connectivity index (χ3n) is 3.28. The van der Waals surface area contributed by atoms with Crippen LogP contribution < -0.4 is 0 Å². The van der Waals surface area contributed by atoms with Crippen LogP contribution in [0.3, 0.4) is 0 Å². The van der Waals surface area contributed by atoms with Gasteiger partial charge in [-0.1, -0.05) is 12.1 Å². The first kappa shape index (κ1) is 10.0. The van der Waals surface area contributed by atoms with E-state index in [1.165, 1.54) is 0 Å². The molecule has 0 saturated carbocycles. The monoisotopic (exact) mass is 206 g/mol. The average Bonchev–Trinajstić information content (AvgIpc) is 2.19. The van der Waals surface area contributed by atoms with Gasteiger partial charge in [0.05, 0.1) is 5.41 Å². The molecular weight excluding hydrogens is 192 g/mol. The molecule has 0 bridgehead atoms. The Hall–Kier alpha value is -1.51. The maximum absolute atomic E-state index is 11.1. The van der Waals surface area contributed by atoms with Crippen molar-refractivity contribution in [2.24, 2.45) is 5.41 Å². The van der Waals surface area contributed by atoms with Crippen LogP contribution in [0.1, 0.15) is 24.5 Å². The molecule has 2 N–H and O–H groups in total. The highest BCUT2D eigenvalue weighted by molar-refractivity contribution is 5.75. The molecule has 15 heavy (non-hydrogen) atoms. The lowest BCUT2D eigenvalue weighted by Crippen LogP contribution is -2.33. The SMILES string of the molecule is CC1(C(=O)O)CCc2cccc(O)c2C1. The number of carbonyl (C=O) groups is 1. The van der Waals surface area contributed by atoms with Gasteiger partial charge in [0.2, 0.25) is 0 Å². The van der Waals surface area contributed by atoms with Crippen molar-refractivity contribution in [2.45, 2.75) is 26.2 Å². The summed E-state index contributed by atoms with van der Waals surface area (Å²) in [4.78, 5) is 11.1. The number of aromatic hydroxyl groups is 1. The molecule has 0 amide bonds. The first-order chi connectivity index (χ1) is 7.03. The molecule has 2 rings (SSSR count). The predicted molar refractivity (Wildman–Crippen MR) is 55.9 cm³/mol. The number of hydrogen-bond acceptors (Lipinski definition) is 2. The van der Waals surface area contributed by atoms with Gasteiger partial charge in [-0.15, -0.1) is 0 Å². The van der Waals surface area contributed by atoms with Crippen molar-refractivity contribution >= 4 is 5.97 Å². The molecular formula is C12H14O3. The Labute approximate surface area is 88.4 Å². The highest BCUT2D eigenvalue weighted by Gasteiger charge is 2.37. The summed E-state index contributed by atoms with van der Waals surface area (Å²) in [5, 5.41) is 18.8. The van der Waals surface area contributed by atoms with Crippen molar-refractivity contribution < 1.29 is 15.0 Å². The Kier molecular flexibility index (Phi) is 2.18. The second-order valence-electron chi connectivity index (χ2n) is 4.46. The van der Waals surface area contributed by atoms with Gasteiger partial charge in [0, 0.05) is 0 Å². The van der Waals surface area contributed by atoms with Crippen LogP contribution in [0.2, 0.25) is 0 Å². The summed E-state index contributed by atoms with van der Waals surface area (Å²) in [6, 6.07) is 5.38. The second kappa shape index (κ2) is 3.26. The van der Waals surface area contributed by atoms with E-state index in [4.69, 9.17) is 5.11 Å². The number of fused-ring (bicyclic) bond motifs is 1. The summed E-state index contributed by atoms with van der Waals surface area (Å²) in [5.41, 5.74) is 1.15. The average molecular weight is 206 g/mol. The lowest BCUT2D eigenvalue weighted by molar-refractivity contribution is -0.148. The summed E-state index contributed by atoms with van der Waals surface area (Å²) in [7, 11) is 0. The summed E-state index contributed by atoms with van der Waals surface area (Å²) in [6.07, 6.45) is 1.79. The Morgan fingerprint density at radius 2 is 2.20 bits per heavy atom. The van der Waals surface area contributed by atoms with Gasteiger partial charge in [0.25, 0.3) is 0 Å². The molecule has 1 aliphatic carbocycles. The molecule has 1 aliphatic rings. The van der Waals surface area contributed by atoms with E-state index in [1.54, 1.807) is 19.1 Å². The first-order valence-electron chi connectivity index (χ1n) is 5.06. The third-order valence-corrected chi connectivity index (χ3v) is 3.28. The number of carboxylic acids is 1. The molecule has 0 aromatic heterocycles. The number of phenolic OH excluding ortho intramolecular Hbond substituents is 1. The zero-order valence-electron chi connectivity index (χ0n) is 8.66. The molecule has 1 aromatic rings. The predicted octanol–water partition coefficient (Wildman–Crippen LogP) is 1.97. The zero-order valence-corrected chi connectivity index (χ0v) is 8.66. The topological polar surface area (TPSA) is 57.5 Å². The molecule has 0 fully saturated rings. The van der Waals surface area contributed by atoms with E-state index in [0.29, 0.717) is 12.8 Å². The lowest BCUT2D eigenvalue weighted by Gasteiger charge is -2.31. The van der Waals surface area contributed by atoms with Gasteiger partial charge in [0.1, 0.15) is 5.75 Å². The minimum Gasteiger partial charge on any atom is -0.508 e. The number of benzene rings is 1. The summed E-state index contributed by atoms with van der Waals surface area (Å²) in [5.74, 6) is -0.559. The van der Waals surface area contributed by atoms with Gasteiger partial charge in [-0.3, -0.25) is 4.79 Å². The van der Waals surface area contributed by atoms with Crippen LogP contribution >= 0.6 is 0 Å². The van der Waals surface area contributed by atoms with Crippen molar-refractivity contribution in [1.29, 1.82) is 0 Å².